The molecule has 0 aliphatic carbocycles. The highest BCUT2D eigenvalue weighted by atomic mass is 19.1. The molecule has 0 saturated carbocycles. The molecule has 6 heteroatoms. The number of hydrogen-bond acceptors (Lipinski definition) is 3. The van der Waals surface area contributed by atoms with Gasteiger partial charge in [-0.1, -0.05) is 0 Å². The van der Waals surface area contributed by atoms with Crippen LogP contribution in [-0.4, -0.2) is 36.0 Å². The van der Waals surface area contributed by atoms with Crippen molar-refractivity contribution in [3.8, 4) is 0 Å². The number of halogens is 1. The lowest BCUT2D eigenvalue weighted by Gasteiger charge is -2.12. The minimum atomic E-state index is -0.335. The minimum absolute atomic E-state index is 0.235. The van der Waals surface area contributed by atoms with Crippen molar-refractivity contribution in [2.75, 3.05) is 31.3 Å². The number of nitrogens with one attached hydrogen (secondary N) is 2. The van der Waals surface area contributed by atoms with Gasteiger partial charge in [0.15, 0.2) is 0 Å². The van der Waals surface area contributed by atoms with Crippen molar-refractivity contribution < 1.29 is 9.18 Å². The van der Waals surface area contributed by atoms with Crippen molar-refractivity contribution in [3.05, 3.63) is 89.4 Å². The number of aryl methyl sites for hydroxylation is 2. The highest BCUT2D eigenvalue weighted by molar-refractivity contribution is 6.04. The van der Waals surface area contributed by atoms with E-state index >= 15 is 0 Å². The number of carbonyl (C=O) groups excluding carboxylic acids is 1. The zero-order chi connectivity index (χ0) is 24.2. The van der Waals surface area contributed by atoms with E-state index in [-0.39, 0.29) is 11.7 Å². The van der Waals surface area contributed by atoms with E-state index in [0.717, 1.165) is 30.9 Å². The van der Waals surface area contributed by atoms with Crippen molar-refractivity contribution in [2.24, 2.45) is 0 Å². The van der Waals surface area contributed by atoms with Gasteiger partial charge in [0, 0.05) is 45.8 Å². The van der Waals surface area contributed by atoms with E-state index in [9.17, 15) is 9.18 Å². The summed E-state index contributed by atoms with van der Waals surface area (Å²) < 4.78 is 15.5. The molecule has 1 aromatic heterocycles. The Morgan fingerprint density at radius 3 is 2.24 bits per heavy atom. The number of hydrogen-bond donors (Lipinski definition) is 2. The highest BCUT2D eigenvalue weighted by Crippen LogP contribution is 2.29. The van der Waals surface area contributed by atoms with Crippen molar-refractivity contribution in [3.63, 3.8) is 0 Å². The number of aromatic nitrogens is 1. The second-order valence-corrected chi connectivity index (χ2v) is 8.91. The van der Waals surface area contributed by atoms with Crippen LogP contribution in [0.15, 0.2) is 66.7 Å². The molecule has 4 rings (SSSR count). The second kappa shape index (κ2) is 10.1. The number of fused-ring (bicyclic) bond motifs is 1. The van der Waals surface area contributed by atoms with Crippen LogP contribution in [0.5, 0.6) is 0 Å². The molecule has 0 atom stereocenters. The van der Waals surface area contributed by atoms with Crippen LogP contribution in [0.1, 0.15) is 28.0 Å². The molecule has 0 unspecified atom stereocenters. The van der Waals surface area contributed by atoms with Gasteiger partial charge in [0.2, 0.25) is 0 Å². The fourth-order valence-electron chi connectivity index (χ4n) is 4.17. The molecule has 1 heterocycles. The number of carbonyl (C=O) groups is 1. The van der Waals surface area contributed by atoms with Gasteiger partial charge in [-0.3, -0.25) is 4.79 Å². The van der Waals surface area contributed by atoms with Crippen molar-refractivity contribution in [1.29, 1.82) is 0 Å². The normalized spacial score (nSPS) is 11.2. The molecule has 1 amide bonds. The lowest BCUT2D eigenvalue weighted by Crippen LogP contribution is -2.15. The Bertz CT molecular complexity index is 1290. The molecule has 0 radical (unpaired) electrons. The van der Waals surface area contributed by atoms with Gasteiger partial charge in [-0.05, 0) is 113 Å². The number of rotatable bonds is 8. The van der Waals surface area contributed by atoms with Crippen molar-refractivity contribution in [2.45, 2.75) is 26.8 Å². The molecule has 0 fully saturated rings. The molecular formula is C28H31FN4O. The Labute approximate surface area is 200 Å². The van der Waals surface area contributed by atoms with Gasteiger partial charge in [0.1, 0.15) is 5.82 Å². The van der Waals surface area contributed by atoms with E-state index in [1.807, 2.05) is 12.1 Å². The SMILES string of the molecule is Cc1c(C)n(CCCN(C)C)c2ccc(Nc3ccc(C(=O)Nc4ccc(F)cc4)cc3)cc12. The largest absolute Gasteiger partial charge is 0.356 e. The third-order valence-electron chi connectivity index (χ3n) is 6.16. The number of nitrogens with zero attached hydrogens (tertiary/aromatic N) is 2. The van der Waals surface area contributed by atoms with Gasteiger partial charge < -0.3 is 20.1 Å². The summed E-state index contributed by atoms with van der Waals surface area (Å²) in [5.74, 6) is -0.570. The van der Waals surface area contributed by atoms with Crippen LogP contribution in [0.2, 0.25) is 0 Å². The molecule has 0 aliphatic rings. The summed E-state index contributed by atoms with van der Waals surface area (Å²) in [6.07, 6.45) is 1.11. The van der Waals surface area contributed by atoms with E-state index in [4.69, 9.17) is 0 Å². The van der Waals surface area contributed by atoms with Crippen molar-refractivity contribution >= 4 is 33.9 Å². The van der Waals surface area contributed by atoms with Gasteiger partial charge in [-0.15, -0.1) is 0 Å². The summed E-state index contributed by atoms with van der Waals surface area (Å²) in [6.45, 7) is 6.44. The first-order valence-electron chi connectivity index (χ1n) is 11.5. The van der Waals surface area contributed by atoms with Crippen LogP contribution in [0.3, 0.4) is 0 Å². The number of benzene rings is 3. The monoisotopic (exact) mass is 458 g/mol. The fourth-order valence-corrected chi connectivity index (χ4v) is 4.17. The molecule has 3 aromatic carbocycles. The predicted molar refractivity (Wildman–Crippen MR) is 139 cm³/mol. The summed E-state index contributed by atoms with van der Waals surface area (Å²) in [4.78, 5) is 14.7. The zero-order valence-electron chi connectivity index (χ0n) is 20.2. The average molecular weight is 459 g/mol. The van der Waals surface area contributed by atoms with Crippen LogP contribution >= 0.6 is 0 Å². The standard InChI is InChI=1S/C28H31FN4O/c1-19-20(2)33(17-5-16-32(3)4)27-15-14-25(18-26(19)27)30-23-10-6-21(7-11-23)28(34)31-24-12-8-22(29)9-13-24/h6-15,18,30H,5,16-17H2,1-4H3,(H,31,34). The Balaban J connectivity index is 1.46. The van der Waals surface area contributed by atoms with E-state index in [2.05, 4.69) is 66.2 Å². The summed E-state index contributed by atoms with van der Waals surface area (Å²) in [7, 11) is 4.21. The molecule has 176 valence electrons. The topological polar surface area (TPSA) is 49.3 Å². The predicted octanol–water partition coefficient (Wildman–Crippen LogP) is 6.34. The summed E-state index contributed by atoms with van der Waals surface area (Å²) in [5.41, 5.74) is 6.86. The third kappa shape index (κ3) is 5.29. The molecule has 0 saturated heterocycles. The van der Waals surface area contributed by atoms with E-state index < -0.39 is 0 Å². The quantitative estimate of drug-likeness (QED) is 0.324. The van der Waals surface area contributed by atoms with Crippen molar-refractivity contribution in [1.82, 2.24) is 9.47 Å². The first kappa shape index (κ1) is 23.5. The first-order valence-corrected chi connectivity index (χ1v) is 11.5. The Morgan fingerprint density at radius 2 is 1.56 bits per heavy atom. The summed E-state index contributed by atoms with van der Waals surface area (Å²) >= 11 is 0. The van der Waals surface area contributed by atoms with Gasteiger partial charge >= 0.3 is 0 Å². The van der Waals surface area contributed by atoms with Gasteiger partial charge in [-0.2, -0.15) is 0 Å². The molecule has 2 N–H and O–H groups in total. The maximum atomic E-state index is 13.1. The van der Waals surface area contributed by atoms with E-state index in [1.54, 1.807) is 24.3 Å². The van der Waals surface area contributed by atoms with Gasteiger partial charge in [0.25, 0.3) is 5.91 Å². The smallest absolute Gasteiger partial charge is 0.255 e. The lowest BCUT2D eigenvalue weighted by atomic mass is 10.1. The Morgan fingerprint density at radius 1 is 0.912 bits per heavy atom. The maximum Gasteiger partial charge on any atom is 0.255 e. The molecule has 34 heavy (non-hydrogen) atoms. The minimum Gasteiger partial charge on any atom is -0.356 e. The molecule has 4 aromatic rings. The Hall–Kier alpha value is -3.64. The average Bonchev–Trinajstić information content (AvgIpc) is 3.05. The number of amides is 1. The van der Waals surface area contributed by atoms with Gasteiger partial charge in [-0.25, -0.2) is 4.39 Å². The van der Waals surface area contributed by atoms with Gasteiger partial charge in [0.05, 0.1) is 0 Å². The zero-order valence-corrected chi connectivity index (χ0v) is 20.2. The molecule has 0 bridgehead atoms. The summed E-state index contributed by atoms with van der Waals surface area (Å²) in [5, 5.41) is 7.47. The number of anilines is 3. The lowest BCUT2D eigenvalue weighted by molar-refractivity contribution is 0.102. The van der Waals surface area contributed by atoms with Crippen LogP contribution in [0.25, 0.3) is 10.9 Å². The highest BCUT2D eigenvalue weighted by Gasteiger charge is 2.12. The maximum absolute atomic E-state index is 13.1. The molecule has 0 spiro atoms. The van der Waals surface area contributed by atoms with Crippen LogP contribution in [0.4, 0.5) is 21.5 Å². The Kier molecular flexibility index (Phi) is 6.98. The molecule has 5 nitrogen and oxygen atoms in total. The first-order chi connectivity index (χ1) is 16.3. The second-order valence-electron chi connectivity index (χ2n) is 8.91. The van der Waals surface area contributed by atoms with E-state index in [1.165, 1.54) is 34.3 Å². The summed E-state index contributed by atoms with van der Waals surface area (Å²) in [6, 6.07) is 19.5. The van der Waals surface area contributed by atoms with Crippen LogP contribution in [-0.2, 0) is 6.54 Å². The molecule has 0 aliphatic heterocycles. The fraction of sp³-hybridized carbons (Fsp3) is 0.250. The third-order valence-corrected chi connectivity index (χ3v) is 6.16. The van der Waals surface area contributed by atoms with Crippen LogP contribution < -0.4 is 10.6 Å². The molecular weight excluding hydrogens is 427 g/mol. The van der Waals surface area contributed by atoms with Crippen LogP contribution in [0, 0.1) is 19.7 Å². The van der Waals surface area contributed by atoms with E-state index in [0.29, 0.717) is 11.3 Å².